The van der Waals surface area contributed by atoms with Crippen molar-refractivity contribution in [3.63, 3.8) is 0 Å². The van der Waals surface area contributed by atoms with Crippen molar-refractivity contribution >= 4 is 0 Å². The number of hydrogen-bond donors (Lipinski definition) is 0. The van der Waals surface area contributed by atoms with E-state index in [1.54, 1.807) is 0 Å². The summed E-state index contributed by atoms with van der Waals surface area (Å²) in [5.41, 5.74) is 0. The molecule has 0 saturated heterocycles. The molecule has 0 aliphatic rings. The van der Waals surface area contributed by atoms with Crippen LogP contribution in [0.1, 0.15) is 53.4 Å². The van der Waals surface area contributed by atoms with Crippen molar-refractivity contribution in [2.45, 2.75) is 59.5 Å². The average Bonchev–Trinajstić information content (AvgIpc) is 2.11. The van der Waals surface area contributed by atoms with E-state index in [9.17, 15) is 0 Å². The molecule has 0 aliphatic carbocycles. The van der Waals surface area contributed by atoms with Crippen molar-refractivity contribution in [2.75, 3.05) is 6.61 Å². The van der Waals surface area contributed by atoms with Crippen LogP contribution >= 0.6 is 0 Å². The van der Waals surface area contributed by atoms with Gasteiger partial charge in [0.15, 0.2) is 0 Å². The molecule has 0 radical (unpaired) electrons. The lowest BCUT2D eigenvalue weighted by molar-refractivity contribution is 0.0592. The Kier molecular flexibility index (Phi) is 7.58. The molecular weight excluding hydrogens is 148 g/mol. The molecule has 0 fully saturated rings. The SMILES string of the molecule is CCC(C)CCCOC(C)CC. The van der Waals surface area contributed by atoms with Crippen LogP contribution in [-0.2, 0) is 4.74 Å². The summed E-state index contributed by atoms with van der Waals surface area (Å²) < 4.78 is 5.59. The van der Waals surface area contributed by atoms with Gasteiger partial charge in [-0.3, -0.25) is 0 Å². The van der Waals surface area contributed by atoms with Gasteiger partial charge in [-0.15, -0.1) is 0 Å². The van der Waals surface area contributed by atoms with Gasteiger partial charge in [0.25, 0.3) is 0 Å². The fourth-order valence-electron chi connectivity index (χ4n) is 1.04. The lowest BCUT2D eigenvalue weighted by atomic mass is 10.0. The number of hydrogen-bond acceptors (Lipinski definition) is 1. The summed E-state index contributed by atoms with van der Waals surface area (Å²) in [7, 11) is 0. The van der Waals surface area contributed by atoms with E-state index in [1.165, 1.54) is 19.3 Å². The summed E-state index contributed by atoms with van der Waals surface area (Å²) >= 11 is 0. The largest absolute Gasteiger partial charge is 0.379 e. The molecule has 74 valence electrons. The topological polar surface area (TPSA) is 9.23 Å². The Morgan fingerprint density at radius 3 is 2.25 bits per heavy atom. The normalized spacial score (nSPS) is 16.0. The van der Waals surface area contributed by atoms with Gasteiger partial charge in [0.1, 0.15) is 0 Å². The van der Waals surface area contributed by atoms with Crippen LogP contribution in [0.5, 0.6) is 0 Å². The maximum atomic E-state index is 5.59. The highest BCUT2D eigenvalue weighted by Gasteiger charge is 2.00. The molecule has 0 spiro atoms. The van der Waals surface area contributed by atoms with Crippen LogP contribution in [0.25, 0.3) is 0 Å². The minimum absolute atomic E-state index is 0.446. The molecule has 0 amide bonds. The van der Waals surface area contributed by atoms with E-state index >= 15 is 0 Å². The Balaban J connectivity index is 3.10. The van der Waals surface area contributed by atoms with E-state index < -0.39 is 0 Å². The summed E-state index contributed by atoms with van der Waals surface area (Å²) in [6, 6.07) is 0. The van der Waals surface area contributed by atoms with Crippen molar-refractivity contribution in [1.82, 2.24) is 0 Å². The smallest absolute Gasteiger partial charge is 0.0544 e. The number of rotatable bonds is 7. The monoisotopic (exact) mass is 172 g/mol. The van der Waals surface area contributed by atoms with Gasteiger partial charge in [0, 0.05) is 6.61 Å². The fourth-order valence-corrected chi connectivity index (χ4v) is 1.04. The summed E-state index contributed by atoms with van der Waals surface area (Å²) in [6.45, 7) is 9.81. The third kappa shape index (κ3) is 6.66. The van der Waals surface area contributed by atoms with Crippen molar-refractivity contribution in [2.24, 2.45) is 5.92 Å². The molecule has 0 aliphatic heterocycles. The Hall–Kier alpha value is -0.0400. The predicted molar refractivity (Wildman–Crippen MR) is 54.4 cm³/mol. The van der Waals surface area contributed by atoms with Crippen molar-refractivity contribution in [3.8, 4) is 0 Å². The third-order valence-corrected chi connectivity index (χ3v) is 2.52. The molecule has 0 saturated carbocycles. The first-order valence-electron chi connectivity index (χ1n) is 5.32. The van der Waals surface area contributed by atoms with Crippen LogP contribution in [-0.4, -0.2) is 12.7 Å². The second-order valence-corrected chi connectivity index (χ2v) is 3.75. The van der Waals surface area contributed by atoms with Gasteiger partial charge in [0.05, 0.1) is 6.10 Å². The van der Waals surface area contributed by atoms with Crippen LogP contribution < -0.4 is 0 Å². The molecule has 12 heavy (non-hydrogen) atoms. The number of ether oxygens (including phenoxy) is 1. The molecule has 0 N–H and O–H groups in total. The van der Waals surface area contributed by atoms with E-state index in [1.807, 2.05) is 0 Å². The summed E-state index contributed by atoms with van der Waals surface area (Å²) in [5, 5.41) is 0. The van der Waals surface area contributed by atoms with Crippen LogP contribution in [0.4, 0.5) is 0 Å². The Morgan fingerprint density at radius 1 is 1.08 bits per heavy atom. The quantitative estimate of drug-likeness (QED) is 0.533. The van der Waals surface area contributed by atoms with Crippen molar-refractivity contribution in [1.29, 1.82) is 0 Å². The maximum Gasteiger partial charge on any atom is 0.0544 e. The van der Waals surface area contributed by atoms with Gasteiger partial charge in [-0.25, -0.2) is 0 Å². The lowest BCUT2D eigenvalue weighted by Crippen LogP contribution is -2.08. The van der Waals surface area contributed by atoms with Gasteiger partial charge in [0.2, 0.25) is 0 Å². The van der Waals surface area contributed by atoms with Crippen LogP contribution in [0.2, 0.25) is 0 Å². The molecule has 0 rings (SSSR count). The van der Waals surface area contributed by atoms with E-state index in [4.69, 9.17) is 4.74 Å². The second-order valence-electron chi connectivity index (χ2n) is 3.75. The van der Waals surface area contributed by atoms with Gasteiger partial charge in [-0.2, -0.15) is 0 Å². The van der Waals surface area contributed by atoms with Crippen LogP contribution in [0.3, 0.4) is 0 Å². The van der Waals surface area contributed by atoms with E-state index in [0.29, 0.717) is 6.10 Å². The zero-order chi connectivity index (χ0) is 9.40. The molecule has 0 aromatic carbocycles. The zero-order valence-electron chi connectivity index (χ0n) is 9.10. The highest BCUT2D eigenvalue weighted by atomic mass is 16.5. The Labute approximate surface area is 77.5 Å². The van der Waals surface area contributed by atoms with Gasteiger partial charge in [-0.05, 0) is 32.1 Å². The molecule has 0 aromatic rings. The van der Waals surface area contributed by atoms with Gasteiger partial charge < -0.3 is 4.74 Å². The zero-order valence-corrected chi connectivity index (χ0v) is 9.10. The molecular formula is C11H24O. The molecule has 1 nitrogen and oxygen atoms in total. The van der Waals surface area contributed by atoms with Gasteiger partial charge in [-0.1, -0.05) is 27.2 Å². The van der Waals surface area contributed by atoms with E-state index in [-0.39, 0.29) is 0 Å². The fraction of sp³-hybridized carbons (Fsp3) is 1.00. The van der Waals surface area contributed by atoms with Crippen LogP contribution in [0.15, 0.2) is 0 Å². The lowest BCUT2D eigenvalue weighted by Gasteiger charge is -2.11. The summed E-state index contributed by atoms with van der Waals surface area (Å²) in [5.74, 6) is 0.866. The summed E-state index contributed by atoms with van der Waals surface area (Å²) in [6.07, 6.45) is 5.40. The molecule has 1 heteroatoms. The molecule has 0 bridgehead atoms. The van der Waals surface area contributed by atoms with E-state index in [0.717, 1.165) is 18.9 Å². The third-order valence-electron chi connectivity index (χ3n) is 2.52. The second kappa shape index (κ2) is 7.60. The molecule has 2 atom stereocenters. The molecule has 0 aromatic heterocycles. The molecule has 0 heterocycles. The first-order chi connectivity index (χ1) is 5.70. The minimum Gasteiger partial charge on any atom is -0.379 e. The highest BCUT2D eigenvalue weighted by molar-refractivity contribution is 4.51. The maximum absolute atomic E-state index is 5.59. The van der Waals surface area contributed by atoms with Crippen molar-refractivity contribution < 1.29 is 4.74 Å². The first-order valence-corrected chi connectivity index (χ1v) is 5.32. The van der Waals surface area contributed by atoms with E-state index in [2.05, 4.69) is 27.7 Å². The summed E-state index contributed by atoms with van der Waals surface area (Å²) in [4.78, 5) is 0. The minimum atomic E-state index is 0.446. The molecule has 2 unspecified atom stereocenters. The van der Waals surface area contributed by atoms with Crippen molar-refractivity contribution in [3.05, 3.63) is 0 Å². The average molecular weight is 172 g/mol. The van der Waals surface area contributed by atoms with Gasteiger partial charge >= 0.3 is 0 Å². The standard InChI is InChI=1S/C11H24O/c1-5-10(3)8-7-9-12-11(4)6-2/h10-11H,5-9H2,1-4H3. The Morgan fingerprint density at radius 2 is 1.75 bits per heavy atom. The highest BCUT2D eigenvalue weighted by Crippen LogP contribution is 2.09. The predicted octanol–water partition coefficient (Wildman–Crippen LogP) is 3.63. The Bertz CT molecular complexity index is 79.0. The van der Waals surface area contributed by atoms with Crippen LogP contribution in [0, 0.1) is 5.92 Å². The first kappa shape index (κ1) is 12.0.